The van der Waals surface area contributed by atoms with E-state index >= 15 is 0 Å². The number of hydrogen-bond acceptors (Lipinski definition) is 3. The topological polar surface area (TPSA) is 49.9 Å². The van der Waals surface area contributed by atoms with Gasteiger partial charge in [-0.15, -0.1) is 0 Å². The van der Waals surface area contributed by atoms with Crippen molar-refractivity contribution in [3.63, 3.8) is 0 Å². The highest BCUT2D eigenvalue weighted by molar-refractivity contribution is 6.08. The fourth-order valence-corrected chi connectivity index (χ4v) is 2.01. The van der Waals surface area contributed by atoms with Crippen LogP contribution < -0.4 is 9.64 Å². The summed E-state index contributed by atoms with van der Waals surface area (Å²) in [7, 11) is 4.95. The first kappa shape index (κ1) is 12.4. The summed E-state index contributed by atoms with van der Waals surface area (Å²) in [6.07, 6.45) is 0.347. The number of carbonyl (C=O) groups is 2. The summed E-state index contributed by atoms with van der Waals surface area (Å²) in [5.74, 6) is 0.674. The molecule has 0 radical (unpaired) electrons. The molecule has 0 N–H and O–H groups in total. The van der Waals surface area contributed by atoms with Gasteiger partial charge in [-0.1, -0.05) is 0 Å². The van der Waals surface area contributed by atoms with Crippen molar-refractivity contribution in [2.75, 3.05) is 32.6 Å². The summed E-state index contributed by atoms with van der Waals surface area (Å²) in [6, 6.07) is 5.08. The van der Waals surface area contributed by atoms with Crippen molar-refractivity contribution in [3.8, 4) is 5.75 Å². The SMILES string of the molecule is COc1ccc2c(c1)C(=O)CCN2C(=O)N(C)C. The predicted octanol–water partition coefficient (Wildman–Crippen LogP) is 1.77. The second kappa shape index (κ2) is 4.68. The van der Waals surface area contributed by atoms with E-state index in [1.807, 2.05) is 0 Å². The number of ether oxygens (including phenoxy) is 1. The van der Waals surface area contributed by atoms with Gasteiger partial charge in [0.2, 0.25) is 0 Å². The molecule has 0 atom stereocenters. The molecule has 1 aliphatic rings. The summed E-state index contributed by atoms with van der Waals surface area (Å²) < 4.78 is 5.11. The standard InChI is InChI=1S/C13H16N2O3/c1-14(2)13(17)15-7-6-12(16)10-8-9(18-3)4-5-11(10)15/h4-5,8H,6-7H2,1-3H3. The van der Waals surface area contributed by atoms with E-state index in [4.69, 9.17) is 4.74 Å². The zero-order valence-corrected chi connectivity index (χ0v) is 10.8. The highest BCUT2D eigenvalue weighted by Gasteiger charge is 2.28. The van der Waals surface area contributed by atoms with Gasteiger partial charge in [0.05, 0.1) is 12.8 Å². The van der Waals surface area contributed by atoms with Gasteiger partial charge in [0.1, 0.15) is 5.75 Å². The molecule has 0 spiro atoms. The van der Waals surface area contributed by atoms with Crippen molar-refractivity contribution < 1.29 is 14.3 Å². The fraction of sp³-hybridized carbons (Fsp3) is 0.385. The van der Waals surface area contributed by atoms with Crippen LogP contribution in [0.2, 0.25) is 0 Å². The van der Waals surface area contributed by atoms with Crippen LogP contribution >= 0.6 is 0 Å². The summed E-state index contributed by atoms with van der Waals surface area (Å²) in [5, 5.41) is 0. The van der Waals surface area contributed by atoms with Crippen molar-refractivity contribution in [2.45, 2.75) is 6.42 Å². The first-order valence-electron chi connectivity index (χ1n) is 5.74. The lowest BCUT2D eigenvalue weighted by atomic mass is 10.0. The van der Waals surface area contributed by atoms with E-state index in [1.54, 1.807) is 44.3 Å². The van der Waals surface area contributed by atoms with Gasteiger partial charge in [-0.25, -0.2) is 4.79 Å². The molecule has 5 heteroatoms. The minimum Gasteiger partial charge on any atom is -0.497 e. The van der Waals surface area contributed by atoms with Gasteiger partial charge in [-0.05, 0) is 18.2 Å². The minimum atomic E-state index is -0.117. The van der Waals surface area contributed by atoms with Crippen molar-refractivity contribution in [2.24, 2.45) is 0 Å². The van der Waals surface area contributed by atoms with Gasteiger partial charge < -0.3 is 9.64 Å². The molecule has 0 unspecified atom stereocenters. The molecule has 0 bridgehead atoms. The molecule has 1 aromatic carbocycles. The Bertz CT molecular complexity index is 497. The first-order chi connectivity index (χ1) is 8.54. The number of benzene rings is 1. The second-order valence-electron chi connectivity index (χ2n) is 4.38. The highest BCUT2D eigenvalue weighted by Crippen LogP contribution is 2.30. The lowest BCUT2D eigenvalue weighted by molar-refractivity contribution is 0.0980. The number of methoxy groups -OCH3 is 1. The molecule has 0 fully saturated rings. The number of amides is 2. The zero-order chi connectivity index (χ0) is 13.3. The van der Waals surface area contributed by atoms with Crippen LogP contribution in [0, 0.1) is 0 Å². The van der Waals surface area contributed by atoms with Crippen molar-refractivity contribution in [1.29, 1.82) is 0 Å². The Morgan fingerprint density at radius 1 is 1.39 bits per heavy atom. The Labute approximate surface area is 106 Å². The van der Waals surface area contributed by atoms with E-state index in [0.717, 1.165) is 0 Å². The van der Waals surface area contributed by atoms with Gasteiger partial charge in [0.15, 0.2) is 5.78 Å². The average molecular weight is 248 g/mol. The van der Waals surface area contributed by atoms with E-state index < -0.39 is 0 Å². The summed E-state index contributed by atoms with van der Waals surface area (Å²) >= 11 is 0. The Morgan fingerprint density at radius 2 is 2.11 bits per heavy atom. The predicted molar refractivity (Wildman–Crippen MR) is 68.4 cm³/mol. The molecule has 1 aliphatic heterocycles. The van der Waals surface area contributed by atoms with Gasteiger partial charge in [-0.3, -0.25) is 9.69 Å². The smallest absolute Gasteiger partial charge is 0.323 e. The normalized spacial score (nSPS) is 14.2. The van der Waals surface area contributed by atoms with Gasteiger partial charge in [-0.2, -0.15) is 0 Å². The van der Waals surface area contributed by atoms with Crippen molar-refractivity contribution >= 4 is 17.5 Å². The molecule has 2 rings (SSSR count). The monoisotopic (exact) mass is 248 g/mol. The minimum absolute atomic E-state index is 0.0479. The van der Waals surface area contributed by atoms with Gasteiger partial charge in [0.25, 0.3) is 0 Å². The molecule has 1 aromatic rings. The number of nitrogens with zero attached hydrogens (tertiary/aromatic N) is 2. The maximum absolute atomic E-state index is 12.0. The molecule has 0 aromatic heterocycles. The van der Waals surface area contributed by atoms with Crippen LogP contribution in [0.25, 0.3) is 0 Å². The Balaban J connectivity index is 2.45. The third-order valence-electron chi connectivity index (χ3n) is 2.97. The number of fused-ring (bicyclic) bond motifs is 1. The van der Waals surface area contributed by atoms with Crippen LogP contribution in [-0.4, -0.2) is 44.5 Å². The van der Waals surface area contributed by atoms with Crippen molar-refractivity contribution in [3.05, 3.63) is 23.8 Å². The largest absolute Gasteiger partial charge is 0.497 e. The molecule has 0 aliphatic carbocycles. The maximum Gasteiger partial charge on any atom is 0.323 e. The van der Waals surface area contributed by atoms with E-state index in [1.165, 1.54) is 4.90 Å². The quantitative estimate of drug-likeness (QED) is 0.761. The van der Waals surface area contributed by atoms with Gasteiger partial charge in [0, 0.05) is 32.6 Å². The Hall–Kier alpha value is -2.04. The number of urea groups is 1. The van der Waals surface area contributed by atoms with Crippen LogP contribution in [0.15, 0.2) is 18.2 Å². The number of Topliss-reactive ketones (excluding diaryl/α,β-unsaturated/α-hetero) is 1. The number of ketones is 1. The van der Waals surface area contributed by atoms with Crippen LogP contribution in [0.3, 0.4) is 0 Å². The first-order valence-corrected chi connectivity index (χ1v) is 5.74. The molecular weight excluding hydrogens is 232 g/mol. The van der Waals surface area contributed by atoms with Gasteiger partial charge >= 0.3 is 6.03 Å². The van der Waals surface area contributed by atoms with E-state index in [9.17, 15) is 9.59 Å². The molecule has 0 saturated carbocycles. The summed E-state index contributed by atoms with van der Waals surface area (Å²) in [5.41, 5.74) is 1.21. The van der Waals surface area contributed by atoms with Crippen LogP contribution in [-0.2, 0) is 0 Å². The lowest BCUT2D eigenvalue weighted by Gasteiger charge is -2.31. The highest BCUT2D eigenvalue weighted by atomic mass is 16.5. The zero-order valence-electron chi connectivity index (χ0n) is 10.8. The third kappa shape index (κ3) is 2.03. The number of rotatable bonds is 1. The molecule has 96 valence electrons. The maximum atomic E-state index is 12.0. The molecule has 5 nitrogen and oxygen atoms in total. The molecule has 2 amide bonds. The van der Waals surface area contributed by atoms with Crippen LogP contribution in [0.1, 0.15) is 16.8 Å². The molecule has 18 heavy (non-hydrogen) atoms. The summed E-state index contributed by atoms with van der Waals surface area (Å²) in [6.45, 7) is 0.426. The third-order valence-corrected chi connectivity index (χ3v) is 2.97. The number of hydrogen-bond donors (Lipinski definition) is 0. The van der Waals surface area contributed by atoms with E-state index in [-0.39, 0.29) is 11.8 Å². The van der Waals surface area contributed by atoms with E-state index in [0.29, 0.717) is 30.0 Å². The lowest BCUT2D eigenvalue weighted by Crippen LogP contribution is -2.43. The van der Waals surface area contributed by atoms with Crippen LogP contribution in [0.4, 0.5) is 10.5 Å². The molecule has 1 heterocycles. The Kier molecular flexibility index (Phi) is 3.23. The molecule has 0 saturated heterocycles. The van der Waals surface area contributed by atoms with Crippen molar-refractivity contribution in [1.82, 2.24) is 4.90 Å². The number of anilines is 1. The van der Waals surface area contributed by atoms with E-state index in [2.05, 4.69) is 0 Å². The molecular formula is C13H16N2O3. The summed E-state index contributed by atoms with van der Waals surface area (Å²) in [4.78, 5) is 27.0. The van der Waals surface area contributed by atoms with Crippen LogP contribution in [0.5, 0.6) is 5.75 Å². The average Bonchev–Trinajstić information content (AvgIpc) is 2.38. The number of carbonyl (C=O) groups excluding carboxylic acids is 2. The second-order valence-corrected chi connectivity index (χ2v) is 4.38. The fourth-order valence-electron chi connectivity index (χ4n) is 2.01. The Morgan fingerprint density at radius 3 is 2.72 bits per heavy atom.